The molecule has 17 heavy (non-hydrogen) atoms. The van der Waals surface area contributed by atoms with Gasteiger partial charge in [0.05, 0.1) is 29.4 Å². The van der Waals surface area contributed by atoms with Crippen LogP contribution in [0.25, 0.3) is 0 Å². The molecule has 0 saturated carbocycles. The number of rotatable bonds is 2. The van der Waals surface area contributed by atoms with Crippen molar-refractivity contribution in [1.82, 2.24) is 0 Å². The van der Waals surface area contributed by atoms with Gasteiger partial charge >= 0.3 is 12.1 Å². The van der Waals surface area contributed by atoms with E-state index in [1.54, 1.807) is 6.92 Å². The highest BCUT2D eigenvalue weighted by atomic mass is 19.4. The van der Waals surface area contributed by atoms with Gasteiger partial charge in [-0.25, -0.2) is 4.79 Å². The predicted octanol–water partition coefficient (Wildman–Crippen LogP) is 2.75. The summed E-state index contributed by atoms with van der Waals surface area (Å²) in [7, 11) is 0. The van der Waals surface area contributed by atoms with Gasteiger partial charge in [0.15, 0.2) is 0 Å². The van der Waals surface area contributed by atoms with E-state index in [-0.39, 0.29) is 12.2 Å². The first-order chi connectivity index (χ1) is 7.90. The number of benzene rings is 1. The third-order valence-corrected chi connectivity index (χ3v) is 1.96. The third kappa shape index (κ3) is 2.97. The van der Waals surface area contributed by atoms with Crippen molar-refractivity contribution in [2.45, 2.75) is 13.1 Å². The van der Waals surface area contributed by atoms with E-state index in [2.05, 4.69) is 4.74 Å². The highest BCUT2D eigenvalue weighted by Gasteiger charge is 2.34. The first-order valence-corrected chi connectivity index (χ1v) is 4.68. The molecule has 0 fully saturated rings. The SMILES string of the molecule is CCOC(=O)c1ccc(C#N)c(C(F)(F)F)c1. The largest absolute Gasteiger partial charge is 0.462 e. The summed E-state index contributed by atoms with van der Waals surface area (Å²) in [6, 6.07) is 4.13. The summed E-state index contributed by atoms with van der Waals surface area (Å²) in [6.07, 6.45) is -4.67. The minimum absolute atomic E-state index is 0.0696. The van der Waals surface area contributed by atoms with Crippen LogP contribution >= 0.6 is 0 Å². The van der Waals surface area contributed by atoms with Crippen LogP contribution in [0.4, 0.5) is 13.2 Å². The number of ether oxygens (including phenoxy) is 1. The van der Waals surface area contributed by atoms with Crippen LogP contribution in [-0.2, 0) is 10.9 Å². The fourth-order valence-electron chi connectivity index (χ4n) is 1.22. The molecule has 1 aromatic carbocycles. The number of nitrogens with zero attached hydrogens (tertiary/aromatic N) is 1. The van der Waals surface area contributed by atoms with E-state index in [0.29, 0.717) is 6.07 Å². The molecule has 0 aliphatic carbocycles. The molecule has 0 aliphatic heterocycles. The van der Waals surface area contributed by atoms with Crippen molar-refractivity contribution in [2.75, 3.05) is 6.61 Å². The van der Waals surface area contributed by atoms with E-state index in [0.717, 1.165) is 12.1 Å². The zero-order chi connectivity index (χ0) is 13.1. The summed E-state index contributed by atoms with van der Waals surface area (Å²) in [5, 5.41) is 8.55. The number of esters is 1. The van der Waals surface area contributed by atoms with Crippen LogP contribution in [0.15, 0.2) is 18.2 Å². The minimum Gasteiger partial charge on any atom is -0.462 e. The Balaban J connectivity index is 3.24. The van der Waals surface area contributed by atoms with E-state index in [1.807, 2.05) is 0 Å². The molecule has 1 aromatic rings. The van der Waals surface area contributed by atoms with Crippen LogP contribution in [0.3, 0.4) is 0 Å². The molecule has 90 valence electrons. The zero-order valence-corrected chi connectivity index (χ0v) is 8.84. The van der Waals surface area contributed by atoms with Crippen molar-refractivity contribution in [3.8, 4) is 6.07 Å². The number of hydrogen-bond donors (Lipinski definition) is 0. The molecule has 0 N–H and O–H groups in total. The fraction of sp³-hybridized carbons (Fsp3) is 0.273. The maximum Gasteiger partial charge on any atom is 0.417 e. The molecule has 3 nitrogen and oxygen atoms in total. The summed E-state index contributed by atoms with van der Waals surface area (Å²) in [4.78, 5) is 11.3. The van der Waals surface area contributed by atoms with Gasteiger partial charge < -0.3 is 4.74 Å². The number of nitriles is 1. The Hall–Kier alpha value is -2.03. The Morgan fingerprint density at radius 1 is 1.47 bits per heavy atom. The van der Waals surface area contributed by atoms with Gasteiger partial charge in [0.25, 0.3) is 0 Å². The molecule has 0 aromatic heterocycles. The lowest BCUT2D eigenvalue weighted by molar-refractivity contribution is -0.137. The molecule has 0 atom stereocenters. The van der Waals surface area contributed by atoms with Gasteiger partial charge in [0.2, 0.25) is 0 Å². The molecule has 0 unspecified atom stereocenters. The molecule has 0 spiro atoms. The van der Waals surface area contributed by atoms with Crippen molar-refractivity contribution < 1.29 is 22.7 Å². The molecular weight excluding hydrogens is 235 g/mol. The average Bonchev–Trinajstić information content (AvgIpc) is 2.27. The summed E-state index contributed by atoms with van der Waals surface area (Å²) < 4.78 is 42.3. The third-order valence-electron chi connectivity index (χ3n) is 1.96. The Bertz CT molecular complexity index is 475. The number of hydrogen-bond acceptors (Lipinski definition) is 3. The van der Waals surface area contributed by atoms with Gasteiger partial charge in [0.1, 0.15) is 0 Å². The highest BCUT2D eigenvalue weighted by Crippen LogP contribution is 2.32. The molecular formula is C11H8F3NO2. The van der Waals surface area contributed by atoms with Crippen molar-refractivity contribution in [1.29, 1.82) is 5.26 Å². The number of carbonyl (C=O) groups excluding carboxylic acids is 1. The summed E-state index contributed by atoms with van der Waals surface area (Å²) in [6.45, 7) is 1.62. The van der Waals surface area contributed by atoms with Crippen LogP contribution < -0.4 is 0 Å². The standard InChI is InChI=1S/C11H8F3NO2/c1-2-17-10(16)7-3-4-8(6-15)9(5-7)11(12,13)14/h3-5H,2H2,1H3. The van der Waals surface area contributed by atoms with Crippen molar-refractivity contribution >= 4 is 5.97 Å². The minimum atomic E-state index is -4.67. The van der Waals surface area contributed by atoms with Gasteiger partial charge in [-0.3, -0.25) is 0 Å². The second-order valence-corrected chi connectivity index (χ2v) is 3.09. The number of carbonyl (C=O) groups is 1. The second-order valence-electron chi connectivity index (χ2n) is 3.09. The van der Waals surface area contributed by atoms with Gasteiger partial charge in [-0.2, -0.15) is 18.4 Å². The van der Waals surface area contributed by atoms with E-state index >= 15 is 0 Å². The monoisotopic (exact) mass is 243 g/mol. The normalized spacial score (nSPS) is 10.8. The van der Waals surface area contributed by atoms with Crippen LogP contribution in [0, 0.1) is 11.3 Å². The Morgan fingerprint density at radius 2 is 2.12 bits per heavy atom. The van der Waals surface area contributed by atoms with Crippen LogP contribution in [0.1, 0.15) is 28.4 Å². The summed E-state index contributed by atoms with van der Waals surface area (Å²) >= 11 is 0. The smallest absolute Gasteiger partial charge is 0.417 e. The lowest BCUT2D eigenvalue weighted by Gasteiger charge is -2.10. The van der Waals surface area contributed by atoms with Crippen LogP contribution in [-0.4, -0.2) is 12.6 Å². The fourth-order valence-corrected chi connectivity index (χ4v) is 1.22. The molecule has 1 rings (SSSR count). The lowest BCUT2D eigenvalue weighted by atomic mass is 10.0. The first kappa shape index (κ1) is 13.0. The van der Waals surface area contributed by atoms with Crippen molar-refractivity contribution in [3.63, 3.8) is 0 Å². The molecule has 0 radical (unpaired) electrons. The quantitative estimate of drug-likeness (QED) is 0.750. The Labute approximate surface area is 95.4 Å². The summed E-state index contributed by atoms with van der Waals surface area (Å²) in [5.41, 5.74) is -1.88. The van der Waals surface area contributed by atoms with E-state index in [1.165, 1.54) is 6.07 Å². The molecule has 0 heterocycles. The van der Waals surface area contributed by atoms with Crippen LogP contribution in [0.5, 0.6) is 0 Å². The molecule has 0 saturated heterocycles. The van der Waals surface area contributed by atoms with Gasteiger partial charge in [0, 0.05) is 0 Å². The van der Waals surface area contributed by atoms with Gasteiger partial charge in [-0.05, 0) is 25.1 Å². The number of halogens is 3. The molecule has 0 bridgehead atoms. The maximum atomic E-state index is 12.6. The van der Waals surface area contributed by atoms with Gasteiger partial charge in [-0.1, -0.05) is 0 Å². The van der Waals surface area contributed by atoms with Crippen LogP contribution in [0.2, 0.25) is 0 Å². The predicted molar refractivity (Wildman–Crippen MR) is 52.1 cm³/mol. The molecule has 0 amide bonds. The maximum absolute atomic E-state index is 12.6. The van der Waals surface area contributed by atoms with E-state index < -0.39 is 23.3 Å². The second kappa shape index (κ2) is 4.87. The molecule has 6 heteroatoms. The number of alkyl halides is 3. The van der Waals surface area contributed by atoms with Gasteiger partial charge in [-0.15, -0.1) is 0 Å². The highest BCUT2D eigenvalue weighted by molar-refractivity contribution is 5.89. The van der Waals surface area contributed by atoms with E-state index in [4.69, 9.17) is 5.26 Å². The topological polar surface area (TPSA) is 50.1 Å². The van der Waals surface area contributed by atoms with Crippen molar-refractivity contribution in [2.24, 2.45) is 0 Å². The van der Waals surface area contributed by atoms with Crippen molar-refractivity contribution in [3.05, 3.63) is 34.9 Å². The Kier molecular flexibility index (Phi) is 3.73. The zero-order valence-electron chi connectivity index (χ0n) is 8.84. The summed E-state index contributed by atoms with van der Waals surface area (Å²) in [5.74, 6) is -0.845. The molecule has 0 aliphatic rings. The lowest BCUT2D eigenvalue weighted by Crippen LogP contribution is -2.11. The average molecular weight is 243 g/mol. The van der Waals surface area contributed by atoms with E-state index in [9.17, 15) is 18.0 Å². The first-order valence-electron chi connectivity index (χ1n) is 4.68. The Morgan fingerprint density at radius 3 is 2.59 bits per heavy atom.